The molecule has 0 N–H and O–H groups in total. The van der Waals surface area contributed by atoms with Gasteiger partial charge in [-0.1, -0.05) is 76.5 Å². The Morgan fingerprint density at radius 1 is 0.730 bits per heavy atom. The zero-order valence-electron chi connectivity index (χ0n) is 21.6. The van der Waals surface area contributed by atoms with E-state index in [9.17, 15) is 9.59 Å². The van der Waals surface area contributed by atoms with Gasteiger partial charge in [0.05, 0.1) is 0 Å². The number of cyclic esters (lactones) is 2. The maximum Gasteiger partial charge on any atom is 0.334 e. The smallest absolute Gasteiger partial charge is 0.334 e. The molecule has 0 amide bonds. The van der Waals surface area contributed by atoms with Gasteiger partial charge in [0.2, 0.25) is 6.29 Å². The summed E-state index contributed by atoms with van der Waals surface area (Å²) in [6.45, 7) is 9.72. The minimum Gasteiger partial charge on any atom is -0.455 e. The third-order valence-corrected chi connectivity index (χ3v) is 6.77. The van der Waals surface area contributed by atoms with Gasteiger partial charge in [0.15, 0.2) is 0 Å². The monoisotopic (exact) mass is 504 g/mol. The number of unbranched alkanes of at least 4 members (excludes halogenated alkanes) is 5. The minimum atomic E-state index is -0.448. The molecule has 2 unspecified atom stereocenters. The fraction of sp³-hybridized carbons (Fsp3) is 0.419. The van der Waals surface area contributed by atoms with Crippen molar-refractivity contribution in [1.82, 2.24) is 0 Å². The SMILES string of the molecule is C=C1CC(c2ccc(OC(CCCCCCCC)Oc3ccc(C4CC(=C)C(=O)O4)cc3)cc2)OC1=O. The van der Waals surface area contributed by atoms with Crippen molar-refractivity contribution in [2.45, 2.75) is 83.2 Å². The molecule has 2 aromatic rings. The molecule has 2 fully saturated rings. The first-order valence-corrected chi connectivity index (χ1v) is 13.2. The maximum atomic E-state index is 11.7. The molecule has 4 rings (SSSR count). The van der Waals surface area contributed by atoms with Crippen LogP contribution >= 0.6 is 0 Å². The molecule has 2 aliphatic heterocycles. The fourth-order valence-corrected chi connectivity index (χ4v) is 4.55. The number of carbonyl (C=O) groups is 2. The quantitative estimate of drug-likeness (QED) is 0.123. The molecule has 0 aromatic heterocycles. The van der Waals surface area contributed by atoms with Gasteiger partial charge in [-0.2, -0.15) is 0 Å². The van der Waals surface area contributed by atoms with Crippen LogP contribution < -0.4 is 9.47 Å². The molecule has 196 valence electrons. The van der Waals surface area contributed by atoms with E-state index in [0.29, 0.717) is 35.5 Å². The van der Waals surface area contributed by atoms with Crippen molar-refractivity contribution in [2.75, 3.05) is 0 Å². The van der Waals surface area contributed by atoms with Crippen LogP contribution in [-0.2, 0) is 19.1 Å². The third kappa shape index (κ3) is 7.25. The van der Waals surface area contributed by atoms with Crippen molar-refractivity contribution in [3.05, 3.63) is 84.0 Å². The Balaban J connectivity index is 1.37. The van der Waals surface area contributed by atoms with Crippen LogP contribution in [0.15, 0.2) is 72.8 Å². The molecule has 0 spiro atoms. The van der Waals surface area contributed by atoms with Crippen molar-refractivity contribution in [3.63, 3.8) is 0 Å². The average molecular weight is 505 g/mol. The number of esters is 2. The second kappa shape index (κ2) is 12.6. The largest absolute Gasteiger partial charge is 0.455 e. The maximum absolute atomic E-state index is 11.7. The zero-order valence-corrected chi connectivity index (χ0v) is 21.6. The molecule has 2 aliphatic rings. The molecule has 37 heavy (non-hydrogen) atoms. The van der Waals surface area contributed by atoms with E-state index in [1.807, 2.05) is 48.5 Å². The van der Waals surface area contributed by atoms with Crippen molar-refractivity contribution in [2.24, 2.45) is 0 Å². The summed E-state index contributed by atoms with van der Waals surface area (Å²) in [5, 5.41) is 0. The van der Waals surface area contributed by atoms with Crippen LogP contribution in [0.4, 0.5) is 0 Å². The highest BCUT2D eigenvalue weighted by Crippen LogP contribution is 2.34. The topological polar surface area (TPSA) is 71.1 Å². The number of ether oxygens (including phenoxy) is 4. The number of rotatable bonds is 13. The lowest BCUT2D eigenvalue weighted by molar-refractivity contribution is -0.140. The van der Waals surface area contributed by atoms with E-state index in [0.717, 1.165) is 30.4 Å². The minimum absolute atomic E-state index is 0.293. The number of carbonyl (C=O) groups excluding carboxylic acids is 2. The Labute approximate surface area is 219 Å². The molecular weight excluding hydrogens is 468 g/mol. The summed E-state index contributed by atoms with van der Waals surface area (Å²) in [7, 11) is 0. The van der Waals surface area contributed by atoms with Crippen LogP contribution in [0.5, 0.6) is 11.5 Å². The third-order valence-electron chi connectivity index (χ3n) is 6.77. The van der Waals surface area contributed by atoms with E-state index in [1.54, 1.807) is 0 Å². The van der Waals surface area contributed by atoms with Gasteiger partial charge in [0, 0.05) is 30.4 Å². The molecule has 2 heterocycles. The molecule has 0 radical (unpaired) electrons. The van der Waals surface area contributed by atoms with Gasteiger partial charge in [0.25, 0.3) is 0 Å². The summed E-state index contributed by atoms with van der Waals surface area (Å²) >= 11 is 0. The Bertz CT molecular complexity index is 988. The van der Waals surface area contributed by atoms with Crippen molar-refractivity contribution >= 4 is 11.9 Å². The van der Waals surface area contributed by atoms with Crippen LogP contribution in [0.25, 0.3) is 0 Å². The molecule has 2 aromatic carbocycles. The second-order valence-corrected chi connectivity index (χ2v) is 9.76. The Morgan fingerprint density at radius 3 is 1.57 bits per heavy atom. The lowest BCUT2D eigenvalue weighted by atomic mass is 10.0. The van der Waals surface area contributed by atoms with Gasteiger partial charge in [-0.25, -0.2) is 9.59 Å². The number of hydrogen-bond donors (Lipinski definition) is 0. The molecule has 6 heteroatoms. The Morgan fingerprint density at radius 2 is 1.16 bits per heavy atom. The molecule has 2 atom stereocenters. The van der Waals surface area contributed by atoms with Crippen molar-refractivity contribution < 1.29 is 28.5 Å². The molecular formula is C31H36O6. The van der Waals surface area contributed by atoms with E-state index in [1.165, 1.54) is 25.7 Å². The first-order chi connectivity index (χ1) is 17.9. The van der Waals surface area contributed by atoms with E-state index in [-0.39, 0.29) is 24.1 Å². The summed E-state index contributed by atoms with van der Waals surface area (Å²) in [6, 6.07) is 15.2. The number of hydrogen-bond acceptors (Lipinski definition) is 6. The normalized spacial score (nSPS) is 20.0. The fourth-order valence-electron chi connectivity index (χ4n) is 4.55. The lowest BCUT2D eigenvalue weighted by Crippen LogP contribution is -2.24. The van der Waals surface area contributed by atoms with E-state index < -0.39 is 6.29 Å². The van der Waals surface area contributed by atoms with Gasteiger partial charge in [-0.3, -0.25) is 0 Å². The summed E-state index contributed by atoms with van der Waals surface area (Å²) in [4.78, 5) is 23.3. The second-order valence-electron chi connectivity index (χ2n) is 9.76. The van der Waals surface area contributed by atoms with Crippen LogP contribution in [0.3, 0.4) is 0 Å². The van der Waals surface area contributed by atoms with Gasteiger partial charge in [-0.15, -0.1) is 0 Å². The van der Waals surface area contributed by atoms with Crippen molar-refractivity contribution in [3.8, 4) is 11.5 Å². The average Bonchev–Trinajstić information content (AvgIpc) is 3.42. The summed E-state index contributed by atoms with van der Waals surface area (Å²) in [6.07, 6.45) is 7.83. The van der Waals surface area contributed by atoms with E-state index in [2.05, 4.69) is 20.1 Å². The highest BCUT2D eigenvalue weighted by molar-refractivity contribution is 5.90. The molecule has 0 bridgehead atoms. The first-order valence-electron chi connectivity index (χ1n) is 13.2. The highest BCUT2D eigenvalue weighted by Gasteiger charge is 2.29. The Hall–Kier alpha value is -3.54. The molecule has 2 saturated heterocycles. The summed E-state index contributed by atoms with van der Waals surface area (Å²) in [5.41, 5.74) is 2.83. The van der Waals surface area contributed by atoms with Gasteiger partial charge in [0.1, 0.15) is 23.7 Å². The predicted octanol–water partition coefficient (Wildman–Crippen LogP) is 7.31. The van der Waals surface area contributed by atoms with Gasteiger partial charge in [-0.05, 0) is 41.8 Å². The van der Waals surface area contributed by atoms with E-state index in [4.69, 9.17) is 18.9 Å². The van der Waals surface area contributed by atoms with Gasteiger partial charge >= 0.3 is 11.9 Å². The molecule has 6 nitrogen and oxygen atoms in total. The van der Waals surface area contributed by atoms with Crippen LogP contribution in [-0.4, -0.2) is 18.2 Å². The Kier molecular flexibility index (Phi) is 9.04. The van der Waals surface area contributed by atoms with Crippen LogP contribution in [0.1, 0.15) is 88.0 Å². The van der Waals surface area contributed by atoms with Crippen LogP contribution in [0, 0.1) is 0 Å². The standard InChI is InChI=1S/C31H36O6/c1-4-5-6-7-8-9-10-29(34-25-15-11-23(12-16-25)27-19-21(2)30(32)36-27)35-26-17-13-24(14-18-26)28-20-22(3)31(33)37-28/h11-18,27-29H,2-10,19-20H2,1H3. The summed E-state index contributed by atoms with van der Waals surface area (Å²) < 4.78 is 23.2. The predicted molar refractivity (Wildman–Crippen MR) is 141 cm³/mol. The highest BCUT2D eigenvalue weighted by atomic mass is 16.7. The van der Waals surface area contributed by atoms with Gasteiger partial charge < -0.3 is 18.9 Å². The van der Waals surface area contributed by atoms with E-state index >= 15 is 0 Å². The molecule has 0 saturated carbocycles. The summed E-state index contributed by atoms with van der Waals surface area (Å²) in [5.74, 6) is 0.714. The lowest BCUT2D eigenvalue weighted by Gasteiger charge is -2.21. The first kappa shape index (κ1) is 26.5. The number of benzene rings is 2. The zero-order chi connectivity index (χ0) is 26.2. The van der Waals surface area contributed by atoms with Crippen molar-refractivity contribution in [1.29, 1.82) is 0 Å². The molecule has 0 aliphatic carbocycles. The van der Waals surface area contributed by atoms with Crippen LogP contribution in [0.2, 0.25) is 0 Å².